The monoisotopic (exact) mass is 360 g/mol. The summed E-state index contributed by atoms with van der Waals surface area (Å²) in [5.74, 6) is 0.285. The second kappa shape index (κ2) is 7.98. The van der Waals surface area contributed by atoms with Crippen molar-refractivity contribution in [1.29, 1.82) is 0 Å². The van der Waals surface area contributed by atoms with Crippen molar-refractivity contribution in [3.8, 4) is 11.5 Å². The van der Waals surface area contributed by atoms with Crippen LogP contribution in [-0.2, 0) is 16.5 Å². The number of hydrogen-bond donors (Lipinski definition) is 0. The van der Waals surface area contributed by atoms with Gasteiger partial charge in [0.05, 0.1) is 6.61 Å². The highest BCUT2D eigenvalue weighted by atomic mass is 32.2. The van der Waals surface area contributed by atoms with E-state index < -0.39 is 10.1 Å². The molecule has 2 aromatic rings. The summed E-state index contributed by atoms with van der Waals surface area (Å²) in [6, 6.07) is 9.38. The molecule has 0 aromatic heterocycles. The second-order valence-electron chi connectivity index (χ2n) is 5.40. The van der Waals surface area contributed by atoms with E-state index in [0.717, 1.165) is 5.56 Å². The van der Waals surface area contributed by atoms with Crippen molar-refractivity contribution < 1.29 is 22.1 Å². The molecule has 0 fully saturated rings. The minimum absolute atomic E-state index is 0.0459. The van der Waals surface area contributed by atoms with Gasteiger partial charge in [0.2, 0.25) is 0 Å². The van der Waals surface area contributed by atoms with Gasteiger partial charge in [-0.3, -0.25) is 4.79 Å². The van der Waals surface area contributed by atoms with Crippen LogP contribution in [0.5, 0.6) is 11.5 Å². The molecule has 0 atom stereocenters. The molecule has 0 aliphatic rings. The van der Waals surface area contributed by atoms with Crippen molar-refractivity contribution in [2.24, 2.45) is 0 Å². The van der Waals surface area contributed by atoms with Gasteiger partial charge in [-0.25, -0.2) is 0 Å². The molecule has 0 bridgehead atoms. The van der Waals surface area contributed by atoms with E-state index in [2.05, 4.69) is 6.58 Å². The van der Waals surface area contributed by atoms with Gasteiger partial charge in [0.25, 0.3) is 0 Å². The van der Waals surface area contributed by atoms with Gasteiger partial charge in [-0.1, -0.05) is 23.8 Å². The Morgan fingerprint density at radius 1 is 1.16 bits per heavy atom. The first-order chi connectivity index (χ1) is 11.9. The van der Waals surface area contributed by atoms with Gasteiger partial charge in [-0.05, 0) is 44.5 Å². The van der Waals surface area contributed by atoms with Gasteiger partial charge in [-0.2, -0.15) is 8.42 Å². The van der Waals surface area contributed by atoms with Gasteiger partial charge in [0.1, 0.15) is 11.2 Å². The summed E-state index contributed by atoms with van der Waals surface area (Å²) in [7, 11) is -4.03. The summed E-state index contributed by atoms with van der Waals surface area (Å²) >= 11 is 0. The number of carbonyl (C=O) groups is 1. The topological polar surface area (TPSA) is 69.7 Å². The molecular weight excluding hydrogens is 340 g/mol. The van der Waals surface area contributed by atoms with Crippen LogP contribution in [0, 0.1) is 6.92 Å². The zero-order valence-electron chi connectivity index (χ0n) is 14.2. The number of rotatable bonds is 8. The summed E-state index contributed by atoms with van der Waals surface area (Å²) in [4.78, 5) is 11.2. The van der Waals surface area contributed by atoms with Crippen LogP contribution in [0.3, 0.4) is 0 Å². The Kier molecular flexibility index (Phi) is 5.98. The highest BCUT2D eigenvalue weighted by molar-refractivity contribution is 7.87. The van der Waals surface area contributed by atoms with Gasteiger partial charge >= 0.3 is 10.1 Å². The summed E-state index contributed by atoms with van der Waals surface area (Å²) in [5, 5.41) is 0. The predicted octanol–water partition coefficient (Wildman–Crippen LogP) is 3.70. The highest BCUT2D eigenvalue weighted by Gasteiger charge is 2.22. The molecule has 0 radical (unpaired) electrons. The fourth-order valence-corrected chi connectivity index (χ4v) is 3.25. The van der Waals surface area contributed by atoms with Crippen LogP contribution in [0.25, 0.3) is 0 Å². The first kappa shape index (κ1) is 18.7. The van der Waals surface area contributed by atoms with Crippen LogP contribution in [0.2, 0.25) is 0 Å². The Morgan fingerprint density at radius 3 is 2.40 bits per heavy atom. The Morgan fingerprint density at radius 2 is 1.84 bits per heavy atom. The van der Waals surface area contributed by atoms with Crippen LogP contribution < -0.4 is 8.92 Å². The number of carbonyl (C=O) groups excluding carboxylic acids is 1. The van der Waals surface area contributed by atoms with Gasteiger partial charge in [-0.15, -0.1) is 6.58 Å². The minimum Gasteiger partial charge on any atom is -0.490 e. The molecule has 0 aliphatic heterocycles. The van der Waals surface area contributed by atoms with E-state index in [9.17, 15) is 13.2 Å². The molecule has 0 heterocycles. The predicted molar refractivity (Wildman–Crippen MR) is 95.9 cm³/mol. The van der Waals surface area contributed by atoms with Crippen molar-refractivity contribution in [2.75, 3.05) is 6.61 Å². The van der Waals surface area contributed by atoms with E-state index in [1.165, 1.54) is 18.2 Å². The van der Waals surface area contributed by atoms with E-state index in [4.69, 9.17) is 8.92 Å². The Labute approximate surface area is 148 Å². The maximum atomic E-state index is 12.6. The van der Waals surface area contributed by atoms with E-state index in [1.807, 2.05) is 6.92 Å². The Bertz CT molecular complexity index is 867. The van der Waals surface area contributed by atoms with Gasteiger partial charge in [0.15, 0.2) is 11.5 Å². The molecule has 25 heavy (non-hydrogen) atoms. The quantitative estimate of drug-likeness (QED) is 0.408. The third-order valence-corrected chi connectivity index (χ3v) is 4.69. The van der Waals surface area contributed by atoms with Crippen molar-refractivity contribution in [2.45, 2.75) is 25.2 Å². The molecule has 0 unspecified atom stereocenters. The molecule has 0 amide bonds. The third kappa shape index (κ3) is 4.48. The summed E-state index contributed by atoms with van der Waals surface area (Å²) in [6.45, 7) is 7.59. The lowest BCUT2D eigenvalue weighted by Crippen LogP contribution is -2.12. The average Bonchev–Trinajstić information content (AvgIpc) is 2.58. The lowest BCUT2D eigenvalue weighted by Gasteiger charge is -2.16. The first-order valence-electron chi connectivity index (χ1n) is 7.78. The zero-order chi connectivity index (χ0) is 18.4. The number of aryl methyl sites for hydroxylation is 1. The van der Waals surface area contributed by atoms with Crippen LogP contribution in [0.1, 0.15) is 28.4 Å². The first-order valence-corrected chi connectivity index (χ1v) is 9.19. The van der Waals surface area contributed by atoms with Crippen molar-refractivity contribution in [3.63, 3.8) is 0 Å². The highest BCUT2D eigenvalue weighted by Crippen LogP contribution is 2.35. The van der Waals surface area contributed by atoms with E-state index in [0.29, 0.717) is 30.4 Å². The SMILES string of the molecule is C=CCc1cc(C=O)cc(OCC)c1OS(=O)(=O)c1ccc(C)cc1. The molecule has 0 spiro atoms. The molecular formula is C19H20O5S. The second-order valence-corrected chi connectivity index (χ2v) is 6.95. The molecule has 6 heteroatoms. The number of benzene rings is 2. The normalized spacial score (nSPS) is 11.0. The van der Waals surface area contributed by atoms with Crippen LogP contribution in [0.4, 0.5) is 0 Å². The lowest BCUT2D eigenvalue weighted by atomic mass is 10.1. The largest absolute Gasteiger partial charge is 0.490 e. The average molecular weight is 360 g/mol. The maximum Gasteiger partial charge on any atom is 0.339 e. The van der Waals surface area contributed by atoms with Gasteiger partial charge < -0.3 is 8.92 Å². The summed E-state index contributed by atoms with van der Waals surface area (Å²) in [5.41, 5.74) is 1.83. The smallest absolute Gasteiger partial charge is 0.339 e. The van der Waals surface area contributed by atoms with E-state index >= 15 is 0 Å². The molecule has 0 saturated carbocycles. The van der Waals surface area contributed by atoms with Crippen LogP contribution in [0.15, 0.2) is 53.9 Å². The Balaban J connectivity index is 2.53. The Hall–Kier alpha value is -2.60. The zero-order valence-corrected chi connectivity index (χ0v) is 15.0. The molecule has 5 nitrogen and oxygen atoms in total. The molecule has 2 rings (SSSR count). The molecule has 0 aliphatic carbocycles. The van der Waals surface area contributed by atoms with Crippen molar-refractivity contribution in [3.05, 3.63) is 65.7 Å². The molecule has 132 valence electrons. The number of ether oxygens (including phenoxy) is 1. The lowest BCUT2D eigenvalue weighted by molar-refractivity contribution is 0.112. The van der Waals surface area contributed by atoms with E-state index in [-0.39, 0.29) is 16.4 Å². The standard InChI is InChI=1S/C19H20O5S/c1-4-6-16-11-15(13-20)12-18(23-5-2)19(16)24-25(21,22)17-9-7-14(3)8-10-17/h4,7-13H,1,5-6H2,2-3H3. The van der Waals surface area contributed by atoms with Crippen LogP contribution in [-0.4, -0.2) is 21.3 Å². The minimum atomic E-state index is -4.03. The van der Waals surface area contributed by atoms with Crippen molar-refractivity contribution in [1.82, 2.24) is 0 Å². The maximum absolute atomic E-state index is 12.6. The number of allylic oxidation sites excluding steroid dienone is 1. The molecule has 2 aromatic carbocycles. The molecule has 0 saturated heterocycles. The fraction of sp³-hybridized carbons (Fsp3) is 0.211. The van der Waals surface area contributed by atoms with Crippen LogP contribution >= 0.6 is 0 Å². The van der Waals surface area contributed by atoms with E-state index in [1.54, 1.807) is 31.2 Å². The molecule has 0 N–H and O–H groups in total. The number of hydrogen-bond acceptors (Lipinski definition) is 5. The fourth-order valence-electron chi connectivity index (χ4n) is 2.28. The van der Waals surface area contributed by atoms with Crippen molar-refractivity contribution >= 4 is 16.4 Å². The third-order valence-electron chi connectivity index (χ3n) is 3.46. The summed E-state index contributed by atoms with van der Waals surface area (Å²) in [6.07, 6.45) is 2.61. The van der Waals surface area contributed by atoms with Gasteiger partial charge in [0, 0.05) is 11.1 Å². The summed E-state index contributed by atoms with van der Waals surface area (Å²) < 4.78 is 36.1. The number of aldehydes is 1.